The number of fused-ring (bicyclic) bond motifs is 2. The Bertz CT molecular complexity index is 2680. The first-order valence-electron chi connectivity index (χ1n) is 15.7. The molecular weight excluding hydrogens is 848 g/mol. The molecule has 0 aliphatic carbocycles. The van der Waals surface area contributed by atoms with Crippen LogP contribution in [0.3, 0.4) is 0 Å². The van der Waals surface area contributed by atoms with E-state index < -0.39 is 0 Å². The molecule has 0 unspecified atom stereocenters. The first kappa shape index (κ1) is 30.3. The average molecular weight is 872 g/mol. The summed E-state index contributed by atoms with van der Waals surface area (Å²) in [7, 11) is 0. The van der Waals surface area contributed by atoms with Crippen LogP contribution in [0, 0.1) is 0 Å². The first-order valence-corrected chi connectivity index (χ1v) is 18.9. The maximum absolute atomic E-state index is 4.08. The van der Waals surface area contributed by atoms with Crippen LogP contribution in [0.2, 0.25) is 0 Å². The quantitative estimate of drug-likeness (QED) is 0.122. The van der Waals surface area contributed by atoms with Crippen LogP contribution in [0.25, 0.3) is 87.6 Å². The fourth-order valence-corrected chi connectivity index (χ4v) is 10.3. The molecule has 228 valence electrons. The summed E-state index contributed by atoms with van der Waals surface area (Å²) >= 11 is 16.0. The molecule has 0 radical (unpaired) electrons. The van der Waals surface area contributed by atoms with Gasteiger partial charge in [-0.1, -0.05) is 179 Å². The van der Waals surface area contributed by atoms with Crippen molar-refractivity contribution in [2.75, 3.05) is 0 Å². The highest BCUT2D eigenvalue weighted by molar-refractivity contribution is 9.11. The zero-order chi connectivity index (χ0) is 32.5. The van der Waals surface area contributed by atoms with Crippen LogP contribution in [0.4, 0.5) is 0 Å². The van der Waals surface area contributed by atoms with E-state index in [1.807, 2.05) is 0 Å². The summed E-state index contributed by atoms with van der Waals surface area (Å²) in [6.07, 6.45) is 0. The normalized spacial score (nSPS) is 11.8. The fourth-order valence-electron chi connectivity index (χ4n) is 7.43. The summed E-state index contributed by atoms with van der Waals surface area (Å²) in [6.45, 7) is 0. The van der Waals surface area contributed by atoms with Gasteiger partial charge in [0.2, 0.25) is 0 Å². The van der Waals surface area contributed by atoms with Gasteiger partial charge in [0.15, 0.2) is 0 Å². The van der Waals surface area contributed by atoms with E-state index >= 15 is 0 Å². The number of rotatable bonds is 4. The molecular formula is C44H24Br4. The molecule has 0 amide bonds. The van der Waals surface area contributed by atoms with Crippen molar-refractivity contribution in [2.45, 2.75) is 0 Å². The largest absolute Gasteiger partial charge is 0.0622 e. The van der Waals surface area contributed by atoms with E-state index in [0.29, 0.717) is 0 Å². The maximum atomic E-state index is 4.08. The number of halogens is 4. The Kier molecular flexibility index (Phi) is 7.54. The lowest BCUT2D eigenvalue weighted by molar-refractivity contribution is 1.57. The highest BCUT2D eigenvalue weighted by Crippen LogP contribution is 2.53. The molecule has 0 saturated carbocycles. The molecule has 0 aromatic heterocycles. The Morgan fingerprint density at radius 2 is 0.708 bits per heavy atom. The lowest BCUT2D eigenvalue weighted by Gasteiger charge is -2.23. The SMILES string of the molecule is Brc1ccc2c3c(-c4cc(-c5ccccc5)ccc4-c4ccccc4)cc(Br)c4c(Br)ccc(c5c(-c6ccccc6)cc(Br)c1c25)c43. The minimum atomic E-state index is 1.06. The third-order valence-electron chi connectivity index (χ3n) is 9.49. The Morgan fingerprint density at radius 3 is 1.25 bits per heavy atom. The standard InChI is InChI=1S/C44H24Br4/c45-35-21-19-31-40-34(33-22-28(25-10-4-1-5-11-25)16-17-29(33)26-12-6-2-7-13-26)24-38(48)44-36(46)20-18-30(42(40)44)39-32(27-14-8-3-9-15-27)23-37(47)43(35)41(31)39/h1-24H. The molecule has 0 fully saturated rings. The lowest BCUT2D eigenvalue weighted by atomic mass is 9.82. The molecule has 0 nitrogen and oxygen atoms in total. The third kappa shape index (κ3) is 4.72. The summed E-state index contributed by atoms with van der Waals surface area (Å²) in [4.78, 5) is 0. The van der Waals surface area contributed by atoms with Gasteiger partial charge < -0.3 is 0 Å². The molecule has 0 bridgehead atoms. The molecule has 0 aliphatic rings. The van der Waals surface area contributed by atoms with Gasteiger partial charge in [0.25, 0.3) is 0 Å². The van der Waals surface area contributed by atoms with Gasteiger partial charge in [-0.3, -0.25) is 0 Å². The van der Waals surface area contributed by atoms with Crippen LogP contribution >= 0.6 is 63.7 Å². The van der Waals surface area contributed by atoms with E-state index in [1.165, 1.54) is 87.6 Å². The van der Waals surface area contributed by atoms with Crippen molar-refractivity contribution in [1.82, 2.24) is 0 Å². The van der Waals surface area contributed by atoms with E-state index in [2.05, 4.69) is 209 Å². The van der Waals surface area contributed by atoms with Gasteiger partial charge >= 0.3 is 0 Å². The smallest absolute Gasteiger partial charge is 0.0271 e. The highest BCUT2D eigenvalue weighted by atomic mass is 79.9. The van der Waals surface area contributed by atoms with E-state index in [0.717, 1.165) is 17.9 Å². The monoisotopic (exact) mass is 868 g/mol. The van der Waals surface area contributed by atoms with Crippen LogP contribution in [-0.4, -0.2) is 0 Å². The van der Waals surface area contributed by atoms with Crippen molar-refractivity contribution < 1.29 is 0 Å². The van der Waals surface area contributed by atoms with E-state index in [4.69, 9.17) is 0 Å². The van der Waals surface area contributed by atoms with Gasteiger partial charge in [0, 0.05) is 39.4 Å². The van der Waals surface area contributed by atoms with Crippen molar-refractivity contribution >= 4 is 107 Å². The highest BCUT2D eigenvalue weighted by Gasteiger charge is 2.25. The van der Waals surface area contributed by atoms with E-state index in [-0.39, 0.29) is 0 Å². The van der Waals surface area contributed by atoms with Gasteiger partial charge in [0.1, 0.15) is 0 Å². The average Bonchev–Trinajstić information content (AvgIpc) is 3.13. The molecule has 9 rings (SSSR count). The van der Waals surface area contributed by atoms with Crippen LogP contribution in [0.1, 0.15) is 0 Å². The predicted molar refractivity (Wildman–Crippen MR) is 220 cm³/mol. The summed E-state index contributed by atoms with van der Waals surface area (Å²) in [5.74, 6) is 0. The van der Waals surface area contributed by atoms with Gasteiger partial charge in [-0.05, 0) is 96.4 Å². The topological polar surface area (TPSA) is 0 Å². The number of benzene rings is 9. The second-order valence-corrected chi connectivity index (χ2v) is 15.5. The molecule has 48 heavy (non-hydrogen) atoms. The molecule has 9 aromatic carbocycles. The zero-order valence-corrected chi connectivity index (χ0v) is 31.7. The fraction of sp³-hybridized carbons (Fsp3) is 0. The van der Waals surface area contributed by atoms with Crippen LogP contribution in [0.5, 0.6) is 0 Å². The van der Waals surface area contributed by atoms with Crippen molar-refractivity contribution in [2.24, 2.45) is 0 Å². The van der Waals surface area contributed by atoms with Crippen molar-refractivity contribution in [3.8, 4) is 44.5 Å². The molecule has 0 saturated heterocycles. The van der Waals surface area contributed by atoms with Gasteiger partial charge in [-0.25, -0.2) is 0 Å². The van der Waals surface area contributed by atoms with E-state index in [9.17, 15) is 0 Å². The Hall–Kier alpha value is -3.80. The van der Waals surface area contributed by atoms with Crippen molar-refractivity contribution in [1.29, 1.82) is 0 Å². The molecule has 0 spiro atoms. The first-order chi connectivity index (χ1) is 23.5. The molecule has 0 heterocycles. The summed E-state index contributed by atoms with van der Waals surface area (Å²) in [5.41, 5.74) is 9.57. The molecule has 9 aromatic rings. The summed E-state index contributed by atoms with van der Waals surface area (Å²) in [6, 6.07) is 52.7. The minimum absolute atomic E-state index is 1.06. The lowest BCUT2D eigenvalue weighted by Crippen LogP contribution is -1.96. The number of hydrogen-bond donors (Lipinski definition) is 0. The van der Waals surface area contributed by atoms with Gasteiger partial charge in [-0.2, -0.15) is 0 Å². The zero-order valence-electron chi connectivity index (χ0n) is 25.4. The van der Waals surface area contributed by atoms with Gasteiger partial charge in [-0.15, -0.1) is 0 Å². The third-order valence-corrected chi connectivity index (χ3v) is 12.1. The van der Waals surface area contributed by atoms with Crippen molar-refractivity contribution in [3.05, 3.63) is 163 Å². The predicted octanol–water partition coefficient (Wildman–Crippen LogP) is 15.5. The Labute approximate surface area is 312 Å². The second kappa shape index (κ2) is 12.0. The molecule has 0 aliphatic heterocycles. The van der Waals surface area contributed by atoms with Crippen LogP contribution in [0.15, 0.2) is 163 Å². The van der Waals surface area contributed by atoms with E-state index in [1.54, 1.807) is 0 Å². The Morgan fingerprint density at radius 1 is 0.250 bits per heavy atom. The Balaban J connectivity index is 1.53. The van der Waals surface area contributed by atoms with Gasteiger partial charge in [0.05, 0.1) is 0 Å². The van der Waals surface area contributed by atoms with Crippen LogP contribution in [-0.2, 0) is 0 Å². The second-order valence-electron chi connectivity index (χ2n) is 12.1. The van der Waals surface area contributed by atoms with Crippen LogP contribution < -0.4 is 0 Å². The van der Waals surface area contributed by atoms with Crippen molar-refractivity contribution in [3.63, 3.8) is 0 Å². The summed E-state index contributed by atoms with van der Waals surface area (Å²) < 4.78 is 4.27. The minimum Gasteiger partial charge on any atom is -0.0622 e. The molecule has 4 heteroatoms. The number of hydrogen-bond acceptors (Lipinski definition) is 0. The maximum Gasteiger partial charge on any atom is 0.0271 e. The molecule has 0 atom stereocenters. The summed E-state index contributed by atoms with van der Waals surface area (Å²) in [5, 5.41) is 9.80. The molecule has 0 N–H and O–H groups in total.